The smallest absolute Gasteiger partial charge is 0.257 e. The highest BCUT2D eigenvalue weighted by Crippen LogP contribution is 2.43. The lowest BCUT2D eigenvalue weighted by Crippen LogP contribution is -2.44. The van der Waals surface area contributed by atoms with Gasteiger partial charge in [-0.15, -0.1) is 0 Å². The molecule has 4 aromatic rings. The first kappa shape index (κ1) is 26.9. The number of para-hydroxylation sites is 1. The number of anilines is 1. The summed E-state index contributed by atoms with van der Waals surface area (Å²) in [5, 5.41) is 12.1. The molecular formula is C34H32N2O4. The monoisotopic (exact) mass is 532 g/mol. The molecule has 0 saturated heterocycles. The molecule has 202 valence electrons. The molecule has 1 aliphatic rings. The molecule has 5 rings (SSSR count). The van der Waals surface area contributed by atoms with Gasteiger partial charge in [0.2, 0.25) is 5.90 Å². The van der Waals surface area contributed by atoms with E-state index in [0.29, 0.717) is 36.8 Å². The SMILES string of the molecule is O=C(Nc1ccccc1)[C@]1(C/C=C/c2ccccc2)N=C(c2ccc(OCCCO)cc2)O[C@@H]1c1ccccc1. The van der Waals surface area contributed by atoms with Crippen molar-refractivity contribution < 1.29 is 19.4 Å². The van der Waals surface area contributed by atoms with Crippen LogP contribution in [-0.2, 0) is 9.53 Å². The lowest BCUT2D eigenvalue weighted by Gasteiger charge is -2.29. The average molecular weight is 533 g/mol. The van der Waals surface area contributed by atoms with Gasteiger partial charge < -0.3 is 19.9 Å². The molecule has 0 unspecified atom stereocenters. The van der Waals surface area contributed by atoms with Crippen molar-refractivity contribution in [1.82, 2.24) is 0 Å². The van der Waals surface area contributed by atoms with Gasteiger partial charge in [0.05, 0.1) is 6.61 Å². The van der Waals surface area contributed by atoms with E-state index in [4.69, 9.17) is 19.6 Å². The van der Waals surface area contributed by atoms with Gasteiger partial charge in [-0.05, 0) is 47.5 Å². The van der Waals surface area contributed by atoms with Crippen molar-refractivity contribution in [3.63, 3.8) is 0 Å². The fourth-order valence-corrected chi connectivity index (χ4v) is 4.64. The lowest BCUT2D eigenvalue weighted by molar-refractivity contribution is -0.123. The fourth-order valence-electron chi connectivity index (χ4n) is 4.64. The molecule has 1 amide bonds. The van der Waals surface area contributed by atoms with Crippen LogP contribution in [0.1, 0.15) is 35.6 Å². The van der Waals surface area contributed by atoms with E-state index in [-0.39, 0.29) is 12.5 Å². The van der Waals surface area contributed by atoms with E-state index < -0.39 is 11.6 Å². The largest absolute Gasteiger partial charge is 0.494 e. The number of nitrogens with one attached hydrogen (secondary N) is 1. The average Bonchev–Trinajstić information content (AvgIpc) is 3.40. The van der Waals surface area contributed by atoms with E-state index in [1.54, 1.807) is 0 Å². The number of hydrogen-bond donors (Lipinski definition) is 2. The van der Waals surface area contributed by atoms with Gasteiger partial charge in [0, 0.05) is 30.7 Å². The maximum atomic E-state index is 14.2. The fraction of sp³-hybridized carbons (Fsp3) is 0.176. The first-order valence-electron chi connectivity index (χ1n) is 13.4. The Morgan fingerprint density at radius 1 is 0.900 bits per heavy atom. The molecule has 6 nitrogen and oxygen atoms in total. The summed E-state index contributed by atoms with van der Waals surface area (Å²) in [6.07, 6.45) is 4.24. The summed E-state index contributed by atoms with van der Waals surface area (Å²) in [7, 11) is 0. The maximum Gasteiger partial charge on any atom is 0.257 e. The highest BCUT2D eigenvalue weighted by Gasteiger charge is 2.52. The normalized spacial score (nSPS) is 18.2. The van der Waals surface area contributed by atoms with Crippen LogP contribution in [0.5, 0.6) is 5.75 Å². The first-order valence-corrected chi connectivity index (χ1v) is 13.4. The zero-order valence-corrected chi connectivity index (χ0v) is 22.1. The molecular weight excluding hydrogens is 500 g/mol. The van der Waals surface area contributed by atoms with Gasteiger partial charge in [0.25, 0.3) is 5.91 Å². The second-order valence-corrected chi connectivity index (χ2v) is 9.54. The highest BCUT2D eigenvalue weighted by molar-refractivity contribution is 6.05. The van der Waals surface area contributed by atoms with Crippen LogP contribution in [0.3, 0.4) is 0 Å². The number of carbonyl (C=O) groups excluding carboxylic acids is 1. The Morgan fingerprint density at radius 2 is 1.55 bits per heavy atom. The number of rotatable bonds is 11. The van der Waals surface area contributed by atoms with Crippen molar-refractivity contribution in [2.45, 2.75) is 24.5 Å². The van der Waals surface area contributed by atoms with E-state index in [1.165, 1.54) is 0 Å². The molecule has 0 aliphatic carbocycles. The molecule has 0 saturated carbocycles. The molecule has 0 bridgehead atoms. The minimum absolute atomic E-state index is 0.0788. The maximum absolute atomic E-state index is 14.2. The summed E-state index contributed by atoms with van der Waals surface area (Å²) in [5.74, 6) is 0.839. The Kier molecular flexibility index (Phi) is 8.69. The Hall–Kier alpha value is -4.68. The van der Waals surface area contributed by atoms with Gasteiger partial charge in [0.15, 0.2) is 11.6 Å². The van der Waals surface area contributed by atoms with E-state index >= 15 is 0 Å². The van der Waals surface area contributed by atoms with Crippen molar-refractivity contribution >= 4 is 23.6 Å². The van der Waals surface area contributed by atoms with Crippen molar-refractivity contribution in [2.24, 2.45) is 4.99 Å². The summed E-state index contributed by atoms with van der Waals surface area (Å²) in [6.45, 7) is 0.509. The Balaban J connectivity index is 1.53. The van der Waals surface area contributed by atoms with Crippen molar-refractivity contribution in [3.05, 3.63) is 138 Å². The topological polar surface area (TPSA) is 80.2 Å². The van der Waals surface area contributed by atoms with Crippen LogP contribution in [0.2, 0.25) is 0 Å². The summed E-state index contributed by atoms with van der Waals surface area (Å²) < 4.78 is 12.2. The van der Waals surface area contributed by atoms with Gasteiger partial charge in [-0.25, -0.2) is 4.99 Å². The highest BCUT2D eigenvalue weighted by atomic mass is 16.5. The third-order valence-electron chi connectivity index (χ3n) is 6.70. The number of benzene rings is 4. The summed E-state index contributed by atoms with van der Waals surface area (Å²) in [4.78, 5) is 19.2. The number of aliphatic hydroxyl groups is 1. The van der Waals surface area contributed by atoms with Crippen LogP contribution in [0.25, 0.3) is 6.08 Å². The third kappa shape index (κ3) is 6.30. The van der Waals surface area contributed by atoms with Crippen molar-refractivity contribution in [1.29, 1.82) is 0 Å². The minimum Gasteiger partial charge on any atom is -0.494 e. The summed E-state index contributed by atoms with van der Waals surface area (Å²) in [5.41, 5.74) is 2.09. The van der Waals surface area contributed by atoms with E-state index in [1.807, 2.05) is 127 Å². The number of hydrogen-bond acceptors (Lipinski definition) is 5. The molecule has 0 aromatic heterocycles. The number of aliphatic hydroxyl groups excluding tert-OH is 1. The van der Waals surface area contributed by atoms with E-state index in [2.05, 4.69) is 5.32 Å². The van der Waals surface area contributed by atoms with E-state index in [0.717, 1.165) is 16.7 Å². The van der Waals surface area contributed by atoms with E-state index in [9.17, 15) is 4.79 Å². The molecule has 40 heavy (non-hydrogen) atoms. The lowest BCUT2D eigenvalue weighted by atomic mass is 9.84. The number of nitrogens with zero attached hydrogens (tertiary/aromatic N) is 1. The molecule has 1 heterocycles. The standard InChI is InChI=1S/C34H32N2O4/c37-24-11-25-39-30-21-19-28(20-22-30)32-36-34(23-10-14-26-12-4-1-5-13-26,31(40-32)27-15-6-2-7-16-27)33(38)35-29-17-8-3-9-18-29/h1-10,12-22,31,37H,11,23-25H2,(H,35,38)/b14-10+/t31-,34-/m1/s1. The van der Waals surface area contributed by atoms with Gasteiger partial charge in [-0.2, -0.15) is 0 Å². The van der Waals surface area contributed by atoms with Crippen LogP contribution < -0.4 is 10.1 Å². The van der Waals surface area contributed by atoms with Gasteiger partial charge >= 0.3 is 0 Å². The van der Waals surface area contributed by atoms with Crippen LogP contribution in [-0.4, -0.2) is 35.7 Å². The van der Waals surface area contributed by atoms with Gasteiger partial charge in [-0.3, -0.25) is 4.79 Å². The molecule has 2 atom stereocenters. The second-order valence-electron chi connectivity index (χ2n) is 9.54. The van der Waals surface area contributed by atoms with Gasteiger partial charge in [0.1, 0.15) is 5.75 Å². The molecule has 6 heteroatoms. The third-order valence-corrected chi connectivity index (χ3v) is 6.70. The second kappa shape index (κ2) is 12.9. The Morgan fingerprint density at radius 3 is 2.23 bits per heavy atom. The predicted molar refractivity (Wildman–Crippen MR) is 158 cm³/mol. The summed E-state index contributed by atoms with van der Waals surface area (Å²) in [6, 6.07) is 36.6. The Labute approximate surface area is 234 Å². The number of ether oxygens (including phenoxy) is 2. The zero-order valence-electron chi connectivity index (χ0n) is 22.1. The number of amides is 1. The van der Waals surface area contributed by atoms with Crippen molar-refractivity contribution in [3.8, 4) is 5.75 Å². The minimum atomic E-state index is -1.26. The van der Waals surface area contributed by atoms with Crippen LogP contribution in [0.15, 0.2) is 126 Å². The van der Waals surface area contributed by atoms with Gasteiger partial charge in [-0.1, -0.05) is 91.0 Å². The Bertz CT molecular complexity index is 1440. The first-order chi connectivity index (χ1) is 19.7. The van der Waals surface area contributed by atoms with Crippen LogP contribution in [0.4, 0.5) is 5.69 Å². The molecule has 1 aliphatic heterocycles. The molecule has 0 spiro atoms. The molecule has 0 radical (unpaired) electrons. The molecule has 2 N–H and O–H groups in total. The van der Waals surface area contributed by atoms with Crippen LogP contribution >= 0.6 is 0 Å². The molecule has 4 aromatic carbocycles. The zero-order chi connectivity index (χ0) is 27.6. The number of carbonyl (C=O) groups is 1. The quantitative estimate of drug-likeness (QED) is 0.218. The number of aliphatic imine (C=N–C) groups is 1. The van der Waals surface area contributed by atoms with Crippen LogP contribution in [0, 0.1) is 0 Å². The molecule has 0 fully saturated rings. The van der Waals surface area contributed by atoms with Crippen molar-refractivity contribution in [2.75, 3.05) is 18.5 Å². The predicted octanol–water partition coefficient (Wildman–Crippen LogP) is 6.45. The summed E-state index contributed by atoms with van der Waals surface area (Å²) >= 11 is 0.